The normalized spacial score (nSPS) is 23.0. The van der Waals surface area contributed by atoms with Gasteiger partial charge in [-0.25, -0.2) is 0 Å². The van der Waals surface area contributed by atoms with Gasteiger partial charge in [-0.05, 0) is 96.5 Å². The average Bonchev–Trinajstić information content (AvgIpc) is 3.32. The molecule has 2 aliphatic heterocycles. The highest BCUT2D eigenvalue weighted by Gasteiger charge is 2.58. The number of ketones is 3. The molecule has 0 amide bonds. The molecule has 0 radical (unpaired) electrons. The van der Waals surface area contributed by atoms with E-state index in [1.165, 1.54) is 0 Å². The van der Waals surface area contributed by atoms with E-state index in [4.69, 9.17) is 0 Å². The summed E-state index contributed by atoms with van der Waals surface area (Å²) in [4.78, 5) is 47.1. The van der Waals surface area contributed by atoms with Crippen molar-refractivity contribution >= 4 is 28.5 Å². The fourth-order valence-corrected chi connectivity index (χ4v) is 9.91. The van der Waals surface area contributed by atoms with Crippen LogP contribution in [0.3, 0.4) is 0 Å². The summed E-state index contributed by atoms with van der Waals surface area (Å²) < 4.78 is 0. The fourth-order valence-electron chi connectivity index (χ4n) is 9.91. The van der Waals surface area contributed by atoms with Gasteiger partial charge in [-0.1, -0.05) is 146 Å². The second-order valence-electron chi connectivity index (χ2n) is 16.6. The minimum Gasteiger partial charge on any atom is -0.396 e. The minimum absolute atomic E-state index is 0.0258. The summed E-state index contributed by atoms with van der Waals surface area (Å²) in [5.41, 5.74) is 5.47. The summed E-state index contributed by atoms with van der Waals surface area (Å²) in [7, 11) is 0. The highest BCUT2D eigenvalue weighted by Crippen LogP contribution is 2.58. The maximum absolute atomic E-state index is 17.0. The van der Waals surface area contributed by atoms with Gasteiger partial charge in [0.05, 0.1) is 10.8 Å². The Balaban J connectivity index is 1.45. The molecule has 2 aliphatic carbocycles. The zero-order chi connectivity index (χ0) is 43.3. The van der Waals surface area contributed by atoms with Crippen molar-refractivity contribution in [1.29, 1.82) is 0 Å². The lowest BCUT2D eigenvalue weighted by Crippen LogP contribution is -2.53. The zero-order valence-electron chi connectivity index (χ0n) is 35.2. The summed E-state index contributed by atoms with van der Waals surface area (Å²) in [6.45, 7) is 3.29. The maximum atomic E-state index is 17.0. The van der Waals surface area contributed by atoms with Crippen LogP contribution in [0.5, 0.6) is 0 Å². The van der Waals surface area contributed by atoms with Gasteiger partial charge in [-0.3, -0.25) is 14.4 Å². The Morgan fingerprint density at radius 2 is 0.952 bits per heavy atom. The van der Waals surface area contributed by atoms with Gasteiger partial charge < -0.3 is 20.8 Å². The average molecular weight is 821 g/mol. The van der Waals surface area contributed by atoms with E-state index in [-0.39, 0.29) is 43.4 Å². The third-order valence-corrected chi connectivity index (χ3v) is 13.0. The van der Waals surface area contributed by atoms with Crippen molar-refractivity contribution in [2.45, 2.75) is 39.5 Å². The van der Waals surface area contributed by atoms with Crippen LogP contribution in [-0.4, -0.2) is 40.8 Å². The van der Waals surface area contributed by atoms with Crippen molar-refractivity contribution in [2.75, 3.05) is 13.2 Å². The van der Waals surface area contributed by atoms with Gasteiger partial charge in [0.2, 0.25) is 0 Å². The van der Waals surface area contributed by atoms with Gasteiger partial charge in [-0.2, -0.15) is 0 Å². The van der Waals surface area contributed by atoms with Crippen LogP contribution in [0.4, 0.5) is 0 Å². The van der Waals surface area contributed by atoms with E-state index >= 15 is 14.4 Å². The third-order valence-electron chi connectivity index (χ3n) is 13.0. The van der Waals surface area contributed by atoms with E-state index in [0.29, 0.717) is 46.3 Å². The molecule has 4 unspecified atom stereocenters. The maximum Gasteiger partial charge on any atom is 0.193 e. The Morgan fingerprint density at radius 1 is 0.565 bits per heavy atom. The van der Waals surface area contributed by atoms with Crippen LogP contribution in [0, 0.1) is 36.5 Å². The zero-order valence-corrected chi connectivity index (χ0v) is 35.2. The second-order valence-corrected chi connectivity index (χ2v) is 16.6. The molecule has 4 aromatic rings. The fraction of sp³-hybridized carbons (Fsp3) is 0.218. The molecule has 0 bridgehead atoms. The van der Waals surface area contributed by atoms with Crippen molar-refractivity contribution in [3.63, 3.8) is 0 Å². The number of carbonyl (C=O) groups excluding carboxylic acids is 3. The highest BCUT2D eigenvalue weighted by atomic mass is 16.3. The summed E-state index contributed by atoms with van der Waals surface area (Å²) in [6.07, 6.45) is 20.3. The number of aliphatic hydroxyl groups excluding tert-OH is 2. The Labute approximate surface area is 364 Å². The molecule has 7 nitrogen and oxygen atoms in total. The Morgan fingerprint density at radius 3 is 1.31 bits per heavy atom. The summed E-state index contributed by atoms with van der Waals surface area (Å²) in [5.74, 6) is -2.06. The number of benzene rings is 4. The van der Waals surface area contributed by atoms with Gasteiger partial charge in [-0.15, -0.1) is 0 Å². The predicted octanol–water partition coefficient (Wildman–Crippen LogP) is 9.74. The number of aliphatic hydroxyl groups is 2. The number of aryl methyl sites for hydroxylation is 2. The van der Waals surface area contributed by atoms with Crippen LogP contribution in [0.1, 0.15) is 68.7 Å². The lowest BCUT2D eigenvalue weighted by atomic mass is 9.51. The second kappa shape index (κ2) is 18.1. The van der Waals surface area contributed by atoms with E-state index in [0.717, 1.165) is 33.4 Å². The molecule has 62 heavy (non-hydrogen) atoms. The van der Waals surface area contributed by atoms with Crippen molar-refractivity contribution in [2.24, 2.45) is 22.7 Å². The molecule has 4 atom stereocenters. The monoisotopic (exact) mass is 820 g/mol. The number of rotatable bonds is 14. The topological polar surface area (TPSA) is 116 Å². The van der Waals surface area contributed by atoms with Gasteiger partial charge >= 0.3 is 0 Å². The smallest absolute Gasteiger partial charge is 0.193 e. The van der Waals surface area contributed by atoms with E-state index in [1.807, 2.05) is 148 Å². The van der Waals surface area contributed by atoms with Crippen LogP contribution in [-0.2, 0) is 4.79 Å². The molecule has 312 valence electrons. The van der Waals surface area contributed by atoms with Gasteiger partial charge in [0, 0.05) is 59.7 Å². The van der Waals surface area contributed by atoms with Crippen molar-refractivity contribution in [3.05, 3.63) is 226 Å². The van der Waals surface area contributed by atoms with Crippen LogP contribution in [0.25, 0.3) is 11.1 Å². The van der Waals surface area contributed by atoms with E-state index in [2.05, 4.69) is 22.8 Å². The highest BCUT2D eigenvalue weighted by molar-refractivity contribution is 6.22. The van der Waals surface area contributed by atoms with Crippen molar-refractivity contribution < 1.29 is 24.6 Å². The van der Waals surface area contributed by atoms with Crippen molar-refractivity contribution in [3.8, 4) is 0 Å². The molecule has 0 saturated carbocycles. The number of allylic oxidation sites excluding steroid dienone is 12. The molecule has 4 N–H and O–H groups in total. The van der Waals surface area contributed by atoms with Gasteiger partial charge in [0.25, 0.3) is 0 Å². The van der Waals surface area contributed by atoms with Crippen molar-refractivity contribution in [1.82, 2.24) is 10.6 Å². The number of dihydropyridines is 2. The lowest BCUT2D eigenvalue weighted by Gasteiger charge is -2.50. The summed E-state index contributed by atoms with van der Waals surface area (Å²) in [6, 6.07) is 34.0. The molecule has 7 heteroatoms. The SMILES string of the molecule is Cc1ccccc1C1=CC(C2=CNC=CC2)C(CCO)(C(=O)C2(CCO)C=C(C(=O)c3ccccc3)C(c3ccccc3C)=CC2C2=CNC=CC2)C=C1C(=O)c1ccccc1. The minimum atomic E-state index is -1.53. The number of hydrogen-bond acceptors (Lipinski definition) is 7. The van der Waals surface area contributed by atoms with E-state index in [9.17, 15) is 10.2 Å². The lowest BCUT2D eigenvalue weighted by molar-refractivity contribution is -0.139. The number of hydrogen-bond donors (Lipinski definition) is 4. The van der Waals surface area contributed by atoms with E-state index in [1.54, 1.807) is 24.3 Å². The Bertz CT molecular complexity index is 2460. The van der Waals surface area contributed by atoms with Crippen LogP contribution < -0.4 is 10.6 Å². The first-order valence-corrected chi connectivity index (χ1v) is 21.4. The number of nitrogens with one attached hydrogen (secondary N) is 2. The molecule has 0 spiro atoms. The van der Waals surface area contributed by atoms with E-state index < -0.39 is 22.7 Å². The summed E-state index contributed by atoms with van der Waals surface area (Å²) >= 11 is 0. The van der Waals surface area contributed by atoms with Crippen LogP contribution in [0.2, 0.25) is 0 Å². The largest absolute Gasteiger partial charge is 0.396 e. The van der Waals surface area contributed by atoms with Crippen LogP contribution >= 0.6 is 0 Å². The van der Waals surface area contributed by atoms with Crippen LogP contribution in [0.15, 0.2) is 193 Å². The molecular weight excluding hydrogens is 769 g/mol. The van der Waals surface area contributed by atoms with Gasteiger partial charge in [0.15, 0.2) is 17.3 Å². The third kappa shape index (κ3) is 7.74. The molecular formula is C55H52N2O5. The summed E-state index contributed by atoms with van der Waals surface area (Å²) in [5, 5.41) is 29.0. The molecule has 8 rings (SSSR count). The first-order chi connectivity index (χ1) is 30.2. The van der Waals surface area contributed by atoms with Gasteiger partial charge in [0.1, 0.15) is 0 Å². The standard InChI is InChI=1S/C55H52N2O5/c1-37-15-9-11-23-43(37)45-31-49(41-21-13-27-56-35-41)54(25-29-58,33-47(45)51(60)39-17-5-3-6-18-39)53(62)55(26-30-59)34-48(52(61)40-19-7-4-8-20-40)46(44-24-12-10-16-38(44)2)32-50(55)42-22-14-28-57-36-42/h3-20,23-24,27-28,31-36,49-50,56-59H,21-22,25-26,29-30H2,1-2H3. The predicted molar refractivity (Wildman–Crippen MR) is 246 cm³/mol. The molecule has 0 aromatic heterocycles. The molecule has 0 fully saturated rings. The first-order valence-electron chi connectivity index (χ1n) is 21.4. The quantitative estimate of drug-likeness (QED) is 0.0937. The molecule has 0 saturated heterocycles. The molecule has 4 aromatic carbocycles. The Hall–Kier alpha value is -6.67. The molecule has 2 heterocycles. The molecule has 4 aliphatic rings. The number of carbonyl (C=O) groups is 3. The first kappa shape index (κ1) is 42.0. The number of Topliss-reactive ketones (excluding diaryl/α,β-unsaturated/α-hetero) is 3. The Kier molecular flexibility index (Phi) is 12.3.